The van der Waals surface area contributed by atoms with Crippen molar-refractivity contribution < 1.29 is 14.3 Å². The molecule has 2 aromatic heterocycles. The molecule has 0 saturated carbocycles. The maximum Gasteiger partial charge on any atom is 0.308 e. The number of hydrogen-bond donors (Lipinski definition) is 0. The van der Waals surface area contributed by atoms with Crippen LogP contribution in [0, 0.1) is 20.8 Å². The largest absolute Gasteiger partial charge is 0.494 e. The molecule has 7 rings (SSSR count). The number of carbonyl (C=O) groups is 1. The summed E-state index contributed by atoms with van der Waals surface area (Å²) in [4.78, 5) is 20.1. The van der Waals surface area contributed by atoms with Crippen molar-refractivity contribution in [2.75, 3.05) is 13.7 Å². The van der Waals surface area contributed by atoms with Crippen LogP contribution in [0.5, 0.6) is 5.75 Å². The van der Waals surface area contributed by atoms with Gasteiger partial charge < -0.3 is 9.47 Å². The van der Waals surface area contributed by atoms with E-state index in [1.54, 1.807) is 11.3 Å². The number of thiophene rings is 1. The van der Waals surface area contributed by atoms with E-state index >= 15 is 0 Å². The van der Waals surface area contributed by atoms with Gasteiger partial charge in [-0.1, -0.05) is 78.9 Å². The van der Waals surface area contributed by atoms with Gasteiger partial charge in [0.25, 0.3) is 0 Å². The second-order valence-corrected chi connectivity index (χ2v) is 14.9. The Balaban J connectivity index is 0.992. The van der Waals surface area contributed by atoms with Gasteiger partial charge in [-0.05, 0) is 85.7 Å². The first-order valence-corrected chi connectivity index (χ1v) is 18.9. The van der Waals surface area contributed by atoms with Gasteiger partial charge in [-0.3, -0.25) is 14.4 Å². The van der Waals surface area contributed by atoms with E-state index in [1.807, 2.05) is 35.4 Å². The van der Waals surface area contributed by atoms with Crippen molar-refractivity contribution in [3.8, 4) is 21.9 Å². The highest BCUT2D eigenvalue weighted by atomic mass is 32.2. The number of thioether (sulfide) groups is 1. The second-order valence-electron chi connectivity index (χ2n) is 12.6. The molecule has 1 atom stereocenters. The maximum atomic E-state index is 12.5. The van der Waals surface area contributed by atoms with Crippen LogP contribution in [0.1, 0.15) is 63.2 Å². The summed E-state index contributed by atoms with van der Waals surface area (Å²) in [6, 6.07) is 35.7. The van der Waals surface area contributed by atoms with Crippen LogP contribution >= 0.6 is 23.1 Å². The Morgan fingerprint density at radius 3 is 2.22 bits per heavy atom. The number of aromatic nitrogens is 3. The summed E-state index contributed by atoms with van der Waals surface area (Å²) in [6.45, 7) is 6.85. The zero-order valence-electron chi connectivity index (χ0n) is 29.3. The van der Waals surface area contributed by atoms with Gasteiger partial charge >= 0.3 is 5.97 Å². The molecule has 0 bridgehead atoms. The highest BCUT2D eigenvalue weighted by molar-refractivity contribution is 7.98. The summed E-state index contributed by atoms with van der Waals surface area (Å²) in [5.41, 5.74) is 8.92. The Kier molecular flexibility index (Phi) is 10.5. The van der Waals surface area contributed by atoms with Crippen molar-refractivity contribution in [1.82, 2.24) is 14.8 Å². The van der Waals surface area contributed by atoms with Crippen molar-refractivity contribution in [1.29, 1.82) is 0 Å². The topological polar surface area (TPSA) is 78.6 Å². The molecule has 258 valence electrons. The van der Waals surface area contributed by atoms with Crippen LogP contribution < -0.4 is 4.74 Å². The SMILES string of the molecule is COC(=O)C[C@@H]1N=C(c2ccc(-c3ccc(OCCCc4ccc(SCc5ccccc5)cc4)cc3)cc2)c2c(sc(C)c2C)-n2c(C)nnc21. The molecule has 0 fully saturated rings. The highest BCUT2D eigenvalue weighted by Gasteiger charge is 2.32. The first kappa shape index (κ1) is 34.5. The predicted molar refractivity (Wildman–Crippen MR) is 207 cm³/mol. The molecule has 0 unspecified atom stereocenters. The first-order valence-electron chi connectivity index (χ1n) is 17.1. The number of hydrogen-bond acceptors (Lipinski definition) is 8. The van der Waals surface area contributed by atoms with E-state index in [0.717, 1.165) is 68.7 Å². The third kappa shape index (κ3) is 7.70. The standard InChI is InChI=1S/C42H40N4O3S2/c1-27-28(2)51-42-39(27)40(43-37(25-38(47)48-4)41-45-44-29(3)46(41)42)34-16-14-32(15-17-34)33-18-20-35(21-19-33)49-24-8-11-30-12-22-36(23-13-30)50-26-31-9-6-5-7-10-31/h5-7,9-10,12-23,37H,8,11,24-26H2,1-4H3/t37-/m0/s1. The number of esters is 1. The molecule has 7 nitrogen and oxygen atoms in total. The van der Waals surface area contributed by atoms with Gasteiger partial charge in [-0.2, -0.15) is 0 Å². The zero-order valence-corrected chi connectivity index (χ0v) is 30.9. The van der Waals surface area contributed by atoms with Crippen LogP contribution in [0.4, 0.5) is 0 Å². The van der Waals surface area contributed by atoms with Gasteiger partial charge in [0.1, 0.15) is 22.6 Å². The van der Waals surface area contributed by atoms with Crippen molar-refractivity contribution in [3.63, 3.8) is 0 Å². The minimum atomic E-state index is -0.519. The molecule has 1 aliphatic rings. The number of ether oxygens (including phenoxy) is 2. The Morgan fingerprint density at radius 2 is 1.51 bits per heavy atom. The van der Waals surface area contributed by atoms with Crippen LogP contribution in [0.15, 0.2) is 113 Å². The summed E-state index contributed by atoms with van der Waals surface area (Å²) in [5.74, 6) is 2.93. The number of carbonyl (C=O) groups excluding carboxylic acids is 1. The Labute approximate surface area is 307 Å². The summed E-state index contributed by atoms with van der Waals surface area (Å²) in [6.07, 6.45) is 2.01. The zero-order chi connectivity index (χ0) is 35.3. The number of aryl methyl sites for hydroxylation is 3. The normalized spacial score (nSPS) is 13.6. The van der Waals surface area contributed by atoms with Crippen LogP contribution in [0.3, 0.4) is 0 Å². The fraction of sp³-hybridized carbons (Fsp3) is 0.238. The quantitative estimate of drug-likeness (QED) is 0.0715. The average molecular weight is 713 g/mol. The third-order valence-electron chi connectivity index (χ3n) is 9.22. The van der Waals surface area contributed by atoms with Gasteiger partial charge in [-0.15, -0.1) is 33.3 Å². The third-order valence-corrected chi connectivity index (χ3v) is 11.5. The van der Waals surface area contributed by atoms with Gasteiger partial charge in [0.15, 0.2) is 5.82 Å². The van der Waals surface area contributed by atoms with Gasteiger partial charge in [0.2, 0.25) is 0 Å². The molecule has 0 saturated heterocycles. The smallest absolute Gasteiger partial charge is 0.308 e. The van der Waals surface area contributed by atoms with E-state index < -0.39 is 6.04 Å². The van der Waals surface area contributed by atoms with E-state index in [2.05, 4.69) is 115 Å². The van der Waals surface area contributed by atoms with Crippen molar-refractivity contribution in [2.45, 2.75) is 56.7 Å². The van der Waals surface area contributed by atoms with Crippen molar-refractivity contribution in [2.24, 2.45) is 4.99 Å². The van der Waals surface area contributed by atoms with E-state index in [4.69, 9.17) is 14.5 Å². The van der Waals surface area contributed by atoms with E-state index in [1.165, 1.54) is 28.0 Å². The van der Waals surface area contributed by atoms with Crippen molar-refractivity contribution in [3.05, 3.63) is 147 Å². The minimum absolute atomic E-state index is 0.0829. The minimum Gasteiger partial charge on any atom is -0.494 e. The molecule has 3 heterocycles. The molecule has 4 aromatic carbocycles. The van der Waals surface area contributed by atoms with E-state index in [-0.39, 0.29) is 12.4 Å². The number of fused-ring (bicyclic) bond motifs is 3. The fourth-order valence-electron chi connectivity index (χ4n) is 6.29. The number of nitrogens with zero attached hydrogens (tertiary/aromatic N) is 4. The number of rotatable bonds is 12. The Morgan fingerprint density at radius 1 is 0.824 bits per heavy atom. The number of benzene rings is 4. The van der Waals surface area contributed by atoms with E-state index in [9.17, 15) is 4.79 Å². The van der Waals surface area contributed by atoms with Gasteiger partial charge in [-0.25, -0.2) is 0 Å². The number of aliphatic imine (C=N–C) groups is 1. The Hall–Kier alpha value is -4.99. The molecule has 0 amide bonds. The fourth-order valence-corrected chi connectivity index (χ4v) is 8.36. The van der Waals surface area contributed by atoms with Gasteiger partial charge in [0.05, 0.1) is 25.8 Å². The summed E-state index contributed by atoms with van der Waals surface area (Å²) in [7, 11) is 1.40. The van der Waals surface area contributed by atoms with Crippen LogP contribution in [-0.4, -0.2) is 40.2 Å². The van der Waals surface area contributed by atoms with Crippen LogP contribution in [-0.2, 0) is 21.7 Å². The lowest BCUT2D eigenvalue weighted by atomic mass is 9.97. The maximum absolute atomic E-state index is 12.5. The monoisotopic (exact) mass is 712 g/mol. The molecule has 0 radical (unpaired) electrons. The highest BCUT2D eigenvalue weighted by Crippen LogP contribution is 2.40. The lowest BCUT2D eigenvalue weighted by Crippen LogP contribution is -2.12. The summed E-state index contributed by atoms with van der Waals surface area (Å²) < 4.78 is 13.2. The van der Waals surface area contributed by atoms with Crippen molar-refractivity contribution >= 4 is 34.8 Å². The summed E-state index contributed by atoms with van der Waals surface area (Å²) in [5, 5.41) is 9.83. The van der Waals surface area contributed by atoms with Crippen LogP contribution in [0.25, 0.3) is 16.1 Å². The molecular weight excluding hydrogens is 673 g/mol. The molecular formula is C42H40N4O3S2. The lowest BCUT2D eigenvalue weighted by Gasteiger charge is -2.12. The molecule has 1 aliphatic heterocycles. The predicted octanol–water partition coefficient (Wildman–Crippen LogP) is 9.68. The Bertz CT molecular complexity index is 2150. The summed E-state index contributed by atoms with van der Waals surface area (Å²) >= 11 is 3.56. The average Bonchev–Trinajstić information content (AvgIpc) is 3.65. The van der Waals surface area contributed by atoms with Crippen LogP contribution in [0.2, 0.25) is 0 Å². The lowest BCUT2D eigenvalue weighted by molar-refractivity contribution is -0.141. The molecule has 0 spiro atoms. The molecule has 6 aromatic rings. The molecule has 9 heteroatoms. The second kappa shape index (κ2) is 15.5. The van der Waals surface area contributed by atoms with Gasteiger partial charge in [0, 0.05) is 26.7 Å². The molecule has 0 N–H and O–H groups in total. The number of methoxy groups -OCH3 is 1. The van der Waals surface area contributed by atoms with E-state index in [0.29, 0.717) is 12.4 Å². The molecule has 51 heavy (non-hydrogen) atoms. The molecule has 0 aliphatic carbocycles. The first-order chi connectivity index (χ1) is 24.9.